The predicted molar refractivity (Wildman–Crippen MR) is 256 cm³/mol. The van der Waals surface area contributed by atoms with E-state index < -0.39 is 0 Å². The molecule has 0 saturated heterocycles. The van der Waals surface area contributed by atoms with Gasteiger partial charge in [0.25, 0.3) is 0 Å². The Morgan fingerprint density at radius 1 is 0.182 bits per heavy atom. The summed E-state index contributed by atoms with van der Waals surface area (Å²) >= 11 is 0. The van der Waals surface area contributed by atoms with E-state index in [-0.39, 0.29) is 0 Å². The van der Waals surface area contributed by atoms with E-state index in [4.69, 9.17) is 0 Å². The standard InChI is InChI=1S/C55H112/c1-5-8-10-12-14-16-18-20-22-24-26-28-30-31-33-35-37-39-41-43-45-47-49-52-54(4)55(51-7-3)53-50-48-46-44-42-40-38-36-34-32-29-27-25-23-21-19-17-15-13-11-9-6-2/h54-55H,5-53H2,1-4H3. The maximum Gasteiger partial charge on any atom is -0.0389 e. The van der Waals surface area contributed by atoms with Crippen molar-refractivity contribution in [2.75, 3.05) is 0 Å². The summed E-state index contributed by atoms with van der Waals surface area (Å²) in [4.78, 5) is 0. The second-order valence-electron chi connectivity index (χ2n) is 19.3. The Labute approximate surface area is 352 Å². The highest BCUT2D eigenvalue weighted by atomic mass is 14.2. The maximum atomic E-state index is 2.59. The van der Waals surface area contributed by atoms with Gasteiger partial charge in [-0.25, -0.2) is 0 Å². The smallest absolute Gasteiger partial charge is 0.0389 e. The molecular weight excluding hydrogens is 661 g/mol. The van der Waals surface area contributed by atoms with Crippen LogP contribution in [0.2, 0.25) is 0 Å². The van der Waals surface area contributed by atoms with Crippen molar-refractivity contribution >= 4 is 0 Å². The van der Waals surface area contributed by atoms with E-state index in [1.807, 2.05) is 0 Å². The van der Waals surface area contributed by atoms with Gasteiger partial charge in [-0.2, -0.15) is 0 Å². The van der Waals surface area contributed by atoms with Crippen molar-refractivity contribution in [3.05, 3.63) is 0 Å². The number of rotatable bonds is 50. The molecular formula is C55H112. The van der Waals surface area contributed by atoms with Crippen LogP contribution in [0, 0.1) is 11.8 Å². The molecule has 0 rings (SSSR count). The van der Waals surface area contributed by atoms with Crippen molar-refractivity contribution in [2.45, 2.75) is 342 Å². The van der Waals surface area contributed by atoms with Gasteiger partial charge >= 0.3 is 0 Å². The molecule has 332 valence electrons. The zero-order valence-corrected chi connectivity index (χ0v) is 39.8. The molecule has 0 aliphatic rings. The fourth-order valence-electron chi connectivity index (χ4n) is 9.59. The average molecular weight is 774 g/mol. The molecule has 55 heavy (non-hydrogen) atoms. The lowest BCUT2D eigenvalue weighted by Crippen LogP contribution is -2.12. The van der Waals surface area contributed by atoms with Crippen LogP contribution in [0.25, 0.3) is 0 Å². The van der Waals surface area contributed by atoms with Crippen LogP contribution in [0.1, 0.15) is 342 Å². The molecule has 0 heteroatoms. The van der Waals surface area contributed by atoms with Crippen LogP contribution < -0.4 is 0 Å². The predicted octanol–water partition coefficient (Wildman–Crippen LogP) is 21.4. The first-order valence-electron chi connectivity index (χ1n) is 27.3. The van der Waals surface area contributed by atoms with Gasteiger partial charge in [-0.05, 0) is 11.8 Å². The molecule has 0 saturated carbocycles. The molecule has 0 aromatic rings. The Balaban J connectivity index is 3.40. The van der Waals surface area contributed by atoms with Crippen LogP contribution in [0.4, 0.5) is 0 Å². The first kappa shape index (κ1) is 55.0. The molecule has 0 spiro atoms. The van der Waals surface area contributed by atoms with Crippen LogP contribution >= 0.6 is 0 Å². The van der Waals surface area contributed by atoms with Crippen molar-refractivity contribution in [3.63, 3.8) is 0 Å². The molecule has 0 amide bonds. The number of hydrogen-bond acceptors (Lipinski definition) is 0. The first-order chi connectivity index (χ1) is 27.3. The van der Waals surface area contributed by atoms with Gasteiger partial charge in [0, 0.05) is 0 Å². The van der Waals surface area contributed by atoms with Crippen molar-refractivity contribution in [1.29, 1.82) is 0 Å². The lowest BCUT2D eigenvalue weighted by molar-refractivity contribution is 0.280. The summed E-state index contributed by atoms with van der Waals surface area (Å²) in [6.07, 6.45) is 72.6. The molecule has 0 bridgehead atoms. The SMILES string of the molecule is CCCCCCCCCCCCCCCCCCCCCCCCCC(C)C(CCC)CCCCCCCCCCCCCCCCCCCCCCCC. The van der Waals surface area contributed by atoms with Crippen molar-refractivity contribution in [2.24, 2.45) is 11.8 Å². The molecule has 2 atom stereocenters. The summed E-state index contributed by atoms with van der Waals surface area (Å²) in [5.41, 5.74) is 0. The van der Waals surface area contributed by atoms with Crippen molar-refractivity contribution in [1.82, 2.24) is 0 Å². The zero-order valence-electron chi connectivity index (χ0n) is 39.8. The highest BCUT2D eigenvalue weighted by Crippen LogP contribution is 2.29. The third kappa shape index (κ3) is 46.6. The van der Waals surface area contributed by atoms with Gasteiger partial charge in [0.05, 0.1) is 0 Å². The zero-order chi connectivity index (χ0) is 39.8. The maximum absolute atomic E-state index is 2.59. The molecule has 0 N–H and O–H groups in total. The number of hydrogen-bond donors (Lipinski definition) is 0. The molecule has 0 aromatic heterocycles. The summed E-state index contributed by atoms with van der Waals surface area (Å²) in [5.74, 6) is 1.94. The minimum Gasteiger partial charge on any atom is -0.0654 e. The second kappa shape index (κ2) is 50.1. The van der Waals surface area contributed by atoms with Gasteiger partial charge in [0.15, 0.2) is 0 Å². The minimum atomic E-state index is 0.949. The van der Waals surface area contributed by atoms with Gasteiger partial charge in [-0.1, -0.05) is 342 Å². The Bertz CT molecular complexity index is 636. The molecule has 0 aliphatic carbocycles. The summed E-state index contributed by atoms with van der Waals surface area (Å²) in [6.45, 7) is 9.64. The van der Waals surface area contributed by atoms with Crippen LogP contribution in [0.15, 0.2) is 0 Å². The van der Waals surface area contributed by atoms with E-state index in [2.05, 4.69) is 27.7 Å². The van der Waals surface area contributed by atoms with E-state index >= 15 is 0 Å². The summed E-state index contributed by atoms with van der Waals surface area (Å²) < 4.78 is 0. The topological polar surface area (TPSA) is 0 Å². The van der Waals surface area contributed by atoms with Crippen LogP contribution in [-0.4, -0.2) is 0 Å². The largest absolute Gasteiger partial charge is 0.0654 e. The second-order valence-corrected chi connectivity index (χ2v) is 19.3. The Hall–Kier alpha value is 0. The van der Waals surface area contributed by atoms with Crippen molar-refractivity contribution in [3.8, 4) is 0 Å². The van der Waals surface area contributed by atoms with Crippen LogP contribution in [0.3, 0.4) is 0 Å². The van der Waals surface area contributed by atoms with E-state index in [1.54, 1.807) is 0 Å². The summed E-state index contributed by atoms with van der Waals surface area (Å²) in [6, 6.07) is 0. The average Bonchev–Trinajstić information content (AvgIpc) is 3.19. The van der Waals surface area contributed by atoms with Gasteiger partial charge < -0.3 is 0 Å². The Morgan fingerprint density at radius 3 is 0.564 bits per heavy atom. The molecule has 0 heterocycles. The first-order valence-corrected chi connectivity index (χ1v) is 27.3. The van der Waals surface area contributed by atoms with Crippen molar-refractivity contribution < 1.29 is 0 Å². The van der Waals surface area contributed by atoms with E-state index in [0.29, 0.717) is 0 Å². The minimum absolute atomic E-state index is 0.949. The van der Waals surface area contributed by atoms with Gasteiger partial charge in [-0.3, -0.25) is 0 Å². The fourth-order valence-corrected chi connectivity index (χ4v) is 9.59. The lowest BCUT2D eigenvalue weighted by Gasteiger charge is -2.24. The monoisotopic (exact) mass is 773 g/mol. The summed E-state index contributed by atoms with van der Waals surface area (Å²) in [7, 11) is 0. The van der Waals surface area contributed by atoms with Gasteiger partial charge in [0.1, 0.15) is 0 Å². The highest BCUT2D eigenvalue weighted by Gasteiger charge is 2.16. The van der Waals surface area contributed by atoms with Gasteiger partial charge in [-0.15, -0.1) is 0 Å². The summed E-state index contributed by atoms with van der Waals surface area (Å²) in [5, 5.41) is 0. The Morgan fingerprint density at radius 2 is 0.364 bits per heavy atom. The lowest BCUT2D eigenvalue weighted by atomic mass is 9.82. The molecule has 0 fully saturated rings. The third-order valence-electron chi connectivity index (χ3n) is 13.7. The quantitative estimate of drug-likeness (QED) is 0.0540. The van der Waals surface area contributed by atoms with Crippen LogP contribution in [0.5, 0.6) is 0 Å². The number of unbranched alkanes of at least 4 members (excludes halogenated alkanes) is 43. The Kier molecular flexibility index (Phi) is 50.1. The molecule has 2 unspecified atom stereocenters. The molecule has 0 radical (unpaired) electrons. The van der Waals surface area contributed by atoms with Gasteiger partial charge in [0.2, 0.25) is 0 Å². The molecule has 0 aliphatic heterocycles. The normalized spacial score (nSPS) is 12.9. The van der Waals surface area contributed by atoms with Crippen LogP contribution in [-0.2, 0) is 0 Å². The van der Waals surface area contributed by atoms with E-state index in [1.165, 1.54) is 315 Å². The fraction of sp³-hybridized carbons (Fsp3) is 1.00. The highest BCUT2D eigenvalue weighted by molar-refractivity contribution is 4.67. The molecule has 0 aromatic carbocycles. The third-order valence-corrected chi connectivity index (χ3v) is 13.7. The van der Waals surface area contributed by atoms with E-state index in [0.717, 1.165) is 11.8 Å². The van der Waals surface area contributed by atoms with E-state index in [9.17, 15) is 0 Å². The molecule has 0 nitrogen and oxygen atoms in total.